The maximum absolute atomic E-state index is 8.83. The lowest BCUT2D eigenvalue weighted by Gasteiger charge is -2.13. The molecule has 0 radical (unpaired) electrons. The lowest BCUT2D eigenvalue weighted by atomic mass is 10.1. The summed E-state index contributed by atoms with van der Waals surface area (Å²) >= 11 is 0. The van der Waals surface area contributed by atoms with E-state index in [-0.39, 0.29) is 5.84 Å². The molecule has 0 aliphatic carbocycles. The van der Waals surface area contributed by atoms with Gasteiger partial charge in [0.15, 0.2) is 5.84 Å². The number of oxime groups is 1. The third-order valence-corrected chi connectivity index (χ3v) is 2.73. The number of nitrogens with two attached hydrogens (primary N) is 1. The molecule has 5 heteroatoms. The number of aromatic nitrogens is 2. The lowest BCUT2D eigenvalue weighted by Crippen LogP contribution is -2.17. The Morgan fingerprint density at radius 2 is 2.11 bits per heavy atom. The maximum atomic E-state index is 8.83. The van der Waals surface area contributed by atoms with E-state index in [9.17, 15) is 0 Å². The number of nitrogens with zero attached hydrogens (tertiary/aromatic N) is 3. The molecule has 0 aliphatic heterocycles. The second kappa shape index (κ2) is 4.91. The zero-order chi connectivity index (χ0) is 13.1. The van der Waals surface area contributed by atoms with Crippen LogP contribution in [0.5, 0.6) is 0 Å². The van der Waals surface area contributed by atoms with Gasteiger partial charge in [-0.1, -0.05) is 31.1 Å². The van der Waals surface area contributed by atoms with Crippen molar-refractivity contribution in [1.29, 1.82) is 0 Å². The van der Waals surface area contributed by atoms with Crippen LogP contribution in [0.3, 0.4) is 0 Å². The van der Waals surface area contributed by atoms with Crippen LogP contribution < -0.4 is 5.73 Å². The zero-order valence-corrected chi connectivity index (χ0v) is 10.4. The van der Waals surface area contributed by atoms with Crippen LogP contribution in [0.2, 0.25) is 0 Å². The summed E-state index contributed by atoms with van der Waals surface area (Å²) in [5.41, 5.74) is 7.23. The minimum absolute atomic E-state index is 0.0917. The summed E-state index contributed by atoms with van der Waals surface area (Å²) in [6, 6.07) is 7.49. The van der Waals surface area contributed by atoms with E-state index in [1.807, 2.05) is 35.0 Å². The van der Waals surface area contributed by atoms with Crippen molar-refractivity contribution in [1.82, 2.24) is 9.55 Å². The Morgan fingerprint density at radius 3 is 2.78 bits per heavy atom. The van der Waals surface area contributed by atoms with E-state index in [2.05, 4.69) is 24.0 Å². The Morgan fingerprint density at radius 1 is 1.39 bits per heavy atom. The molecule has 18 heavy (non-hydrogen) atoms. The van der Waals surface area contributed by atoms with Gasteiger partial charge in [-0.15, -0.1) is 0 Å². The number of amidine groups is 1. The van der Waals surface area contributed by atoms with Crippen LogP contribution >= 0.6 is 0 Å². The van der Waals surface area contributed by atoms with Gasteiger partial charge in [-0.3, -0.25) is 0 Å². The molecule has 94 valence electrons. The van der Waals surface area contributed by atoms with E-state index >= 15 is 0 Å². The van der Waals surface area contributed by atoms with Crippen molar-refractivity contribution in [2.75, 3.05) is 0 Å². The van der Waals surface area contributed by atoms with Crippen LogP contribution in [0.15, 0.2) is 41.8 Å². The summed E-state index contributed by atoms with van der Waals surface area (Å²) in [6.45, 7) is 4.15. The molecule has 2 rings (SSSR count). The van der Waals surface area contributed by atoms with Crippen molar-refractivity contribution in [3.05, 3.63) is 48.0 Å². The molecule has 3 N–H and O–H groups in total. The molecule has 1 aromatic heterocycles. The molecule has 1 aromatic carbocycles. The second-order valence-corrected chi connectivity index (χ2v) is 4.31. The summed E-state index contributed by atoms with van der Waals surface area (Å²) in [5, 5.41) is 11.9. The molecule has 0 bridgehead atoms. The minimum atomic E-state index is 0.0917. The molecule has 0 spiro atoms. The van der Waals surface area contributed by atoms with Crippen molar-refractivity contribution in [3.8, 4) is 5.69 Å². The average Bonchev–Trinajstić information content (AvgIpc) is 2.87. The summed E-state index contributed by atoms with van der Waals surface area (Å²) in [4.78, 5) is 4.34. The first-order valence-electron chi connectivity index (χ1n) is 5.75. The monoisotopic (exact) mass is 244 g/mol. The topological polar surface area (TPSA) is 76.4 Å². The first-order chi connectivity index (χ1) is 8.65. The molecular formula is C13H16N4O. The van der Waals surface area contributed by atoms with Gasteiger partial charge in [0.1, 0.15) is 5.82 Å². The second-order valence-electron chi connectivity index (χ2n) is 4.31. The van der Waals surface area contributed by atoms with Crippen molar-refractivity contribution < 1.29 is 5.21 Å². The van der Waals surface area contributed by atoms with Gasteiger partial charge in [-0.25, -0.2) is 4.98 Å². The fourth-order valence-corrected chi connectivity index (χ4v) is 1.90. The highest BCUT2D eigenvalue weighted by Gasteiger charge is 2.13. The molecule has 0 saturated carbocycles. The predicted molar refractivity (Wildman–Crippen MR) is 70.2 cm³/mol. The largest absolute Gasteiger partial charge is 0.409 e. The normalized spacial score (nSPS) is 12.1. The number of hydrogen-bond acceptors (Lipinski definition) is 3. The number of rotatable bonds is 3. The Balaban J connectivity index is 2.61. The van der Waals surface area contributed by atoms with Crippen LogP contribution in [0.1, 0.15) is 31.2 Å². The van der Waals surface area contributed by atoms with Gasteiger partial charge in [0.2, 0.25) is 0 Å². The van der Waals surface area contributed by atoms with Gasteiger partial charge in [-0.2, -0.15) is 0 Å². The van der Waals surface area contributed by atoms with Crippen molar-refractivity contribution in [3.63, 3.8) is 0 Å². The first kappa shape index (κ1) is 12.2. The van der Waals surface area contributed by atoms with Crippen molar-refractivity contribution in [2.24, 2.45) is 10.9 Å². The molecule has 0 atom stereocenters. The molecule has 0 unspecified atom stereocenters. The smallest absolute Gasteiger partial charge is 0.172 e. The SMILES string of the molecule is CC(C)c1nccn1-c1ccccc1C(N)=NO. The van der Waals surface area contributed by atoms with E-state index in [4.69, 9.17) is 10.9 Å². The Bertz CT molecular complexity index is 572. The molecule has 0 saturated heterocycles. The third-order valence-electron chi connectivity index (χ3n) is 2.73. The van der Waals surface area contributed by atoms with Crippen LogP contribution in [-0.2, 0) is 0 Å². The zero-order valence-electron chi connectivity index (χ0n) is 10.4. The predicted octanol–water partition coefficient (Wildman–Crippen LogP) is 2.09. The third kappa shape index (κ3) is 2.07. The summed E-state index contributed by atoms with van der Waals surface area (Å²) in [7, 11) is 0. The Kier molecular flexibility index (Phi) is 3.32. The number of benzene rings is 1. The summed E-state index contributed by atoms with van der Waals surface area (Å²) < 4.78 is 1.96. The van der Waals surface area contributed by atoms with Gasteiger partial charge in [-0.05, 0) is 12.1 Å². The van der Waals surface area contributed by atoms with E-state index in [1.165, 1.54) is 0 Å². The Hall–Kier alpha value is -2.30. The van der Waals surface area contributed by atoms with E-state index in [0.717, 1.165) is 11.5 Å². The highest BCUT2D eigenvalue weighted by molar-refractivity contribution is 6.00. The molecule has 2 aromatic rings. The molecule has 1 heterocycles. The molecule has 0 fully saturated rings. The van der Waals surface area contributed by atoms with Gasteiger partial charge in [0, 0.05) is 23.9 Å². The maximum Gasteiger partial charge on any atom is 0.172 e. The summed E-state index contributed by atoms with van der Waals surface area (Å²) in [5.74, 6) is 1.32. The van der Waals surface area contributed by atoms with E-state index in [1.54, 1.807) is 6.20 Å². The number of para-hydroxylation sites is 1. The highest BCUT2D eigenvalue weighted by atomic mass is 16.4. The lowest BCUT2D eigenvalue weighted by molar-refractivity contribution is 0.318. The number of imidazole rings is 1. The van der Waals surface area contributed by atoms with E-state index in [0.29, 0.717) is 11.5 Å². The quantitative estimate of drug-likeness (QED) is 0.375. The minimum Gasteiger partial charge on any atom is -0.409 e. The van der Waals surface area contributed by atoms with Crippen LogP contribution in [0.25, 0.3) is 5.69 Å². The standard InChI is InChI=1S/C13H16N4O/c1-9(2)13-15-7-8-17(13)11-6-4-3-5-10(11)12(14)16-18/h3-9,18H,1-2H3,(H2,14,16). The fourth-order valence-electron chi connectivity index (χ4n) is 1.90. The molecule has 5 nitrogen and oxygen atoms in total. The highest BCUT2D eigenvalue weighted by Crippen LogP contribution is 2.20. The fraction of sp³-hybridized carbons (Fsp3) is 0.231. The van der Waals surface area contributed by atoms with Crippen molar-refractivity contribution in [2.45, 2.75) is 19.8 Å². The van der Waals surface area contributed by atoms with Crippen LogP contribution in [0.4, 0.5) is 0 Å². The van der Waals surface area contributed by atoms with Crippen LogP contribution in [0, 0.1) is 0 Å². The van der Waals surface area contributed by atoms with Gasteiger partial charge in [0.05, 0.1) is 5.69 Å². The average molecular weight is 244 g/mol. The first-order valence-corrected chi connectivity index (χ1v) is 5.75. The number of hydrogen-bond donors (Lipinski definition) is 2. The van der Waals surface area contributed by atoms with Crippen LogP contribution in [-0.4, -0.2) is 20.6 Å². The van der Waals surface area contributed by atoms with Gasteiger partial charge >= 0.3 is 0 Å². The van der Waals surface area contributed by atoms with E-state index < -0.39 is 0 Å². The van der Waals surface area contributed by atoms with Gasteiger partial charge < -0.3 is 15.5 Å². The summed E-state index contributed by atoms with van der Waals surface area (Å²) in [6.07, 6.45) is 3.62. The Labute approximate surface area is 106 Å². The molecule has 0 amide bonds. The van der Waals surface area contributed by atoms with Gasteiger partial charge in [0.25, 0.3) is 0 Å². The van der Waals surface area contributed by atoms with Crippen molar-refractivity contribution >= 4 is 5.84 Å². The molecule has 0 aliphatic rings. The molecular weight excluding hydrogens is 228 g/mol.